The second kappa shape index (κ2) is 8.61. The zero-order chi connectivity index (χ0) is 19.2. The number of rotatable bonds is 6. The maximum absolute atomic E-state index is 11.4. The Morgan fingerprint density at radius 2 is 1.81 bits per heavy atom. The maximum Gasteiger partial charge on any atom is 0.328 e. The van der Waals surface area contributed by atoms with Crippen LogP contribution in [0.15, 0.2) is 47.6 Å². The van der Waals surface area contributed by atoms with Crippen LogP contribution in [0, 0.1) is 11.8 Å². The summed E-state index contributed by atoms with van der Waals surface area (Å²) < 4.78 is 32.1. The summed E-state index contributed by atoms with van der Waals surface area (Å²) in [6.07, 6.45) is 4.26. The first-order valence-electron chi connectivity index (χ1n) is 8.31. The van der Waals surface area contributed by atoms with Gasteiger partial charge in [-0.15, -0.1) is 0 Å². The van der Waals surface area contributed by atoms with Crippen LogP contribution >= 0.6 is 0 Å². The number of unbranched alkanes of at least 4 members (excludes halogenated alkanes) is 2. The molecular formula is C19H21N3O3S. The fraction of sp³-hybridized carbons (Fsp3) is 0.263. The smallest absolute Gasteiger partial charge is 0.326 e. The third-order valence-corrected chi connectivity index (χ3v) is 4.76. The summed E-state index contributed by atoms with van der Waals surface area (Å²) in [5, 5.41) is 6.08. The van der Waals surface area contributed by atoms with Gasteiger partial charge in [0, 0.05) is 12.1 Å². The lowest BCUT2D eigenvalue weighted by molar-refractivity contribution is 0.476. The predicted octanol–water partition coefficient (Wildman–Crippen LogP) is 4.35. The maximum atomic E-state index is 11.4. The van der Waals surface area contributed by atoms with Crippen molar-refractivity contribution >= 4 is 21.2 Å². The normalized spacial score (nSPS) is 11.1. The van der Waals surface area contributed by atoms with Crippen LogP contribution in [0.2, 0.25) is 0 Å². The third kappa shape index (κ3) is 4.28. The molecule has 0 radical (unpaired) electrons. The van der Waals surface area contributed by atoms with Gasteiger partial charge in [0.05, 0.1) is 11.0 Å². The van der Waals surface area contributed by atoms with Gasteiger partial charge in [0.25, 0.3) is 5.16 Å². The molecule has 2 aromatic carbocycles. The average Bonchev–Trinajstić information content (AvgIpc) is 3.09. The van der Waals surface area contributed by atoms with Gasteiger partial charge in [-0.3, -0.25) is 4.55 Å². The summed E-state index contributed by atoms with van der Waals surface area (Å²) in [5.41, 5.74) is 4.27. The molecule has 3 aromatic rings. The number of aryl methyl sites for hydroxylation is 1. The van der Waals surface area contributed by atoms with E-state index in [0.29, 0.717) is 11.0 Å². The van der Waals surface area contributed by atoms with Gasteiger partial charge in [0.2, 0.25) is 0 Å². The lowest BCUT2D eigenvalue weighted by Crippen LogP contribution is -1.99. The fourth-order valence-electron chi connectivity index (χ4n) is 2.93. The largest absolute Gasteiger partial charge is 0.328 e. The Labute approximate surface area is 153 Å². The zero-order valence-corrected chi connectivity index (χ0v) is 15.3. The molecule has 0 saturated carbocycles. The second-order valence-corrected chi connectivity index (χ2v) is 7.17. The lowest BCUT2D eigenvalue weighted by atomic mass is 9.94. The van der Waals surface area contributed by atoms with E-state index >= 15 is 0 Å². The molecule has 7 heteroatoms. The van der Waals surface area contributed by atoms with Gasteiger partial charge >= 0.3 is 10.1 Å². The Hall–Kier alpha value is -2.69. The van der Waals surface area contributed by atoms with E-state index in [-0.39, 0.29) is 0 Å². The number of nitrogens with zero attached hydrogens (tertiary/aromatic N) is 2. The van der Waals surface area contributed by atoms with E-state index in [4.69, 9.17) is 5.26 Å². The van der Waals surface area contributed by atoms with E-state index in [2.05, 4.69) is 23.5 Å². The van der Waals surface area contributed by atoms with Crippen LogP contribution in [0.1, 0.15) is 31.7 Å². The SMILES string of the molecule is C#N.CCCCCc1ccc2nc(S(=O)(=O)O)[nH]c2c1-c1ccccc1. The Morgan fingerprint density at radius 3 is 2.42 bits per heavy atom. The van der Waals surface area contributed by atoms with Crippen LogP contribution in [-0.2, 0) is 16.5 Å². The quantitative estimate of drug-likeness (QED) is 0.495. The van der Waals surface area contributed by atoms with Gasteiger partial charge in [0.15, 0.2) is 0 Å². The molecule has 0 fully saturated rings. The van der Waals surface area contributed by atoms with Crippen molar-refractivity contribution in [3.05, 3.63) is 48.0 Å². The molecule has 2 N–H and O–H groups in total. The molecule has 0 amide bonds. The van der Waals surface area contributed by atoms with Crippen molar-refractivity contribution in [3.63, 3.8) is 0 Å². The number of hydrogen-bond acceptors (Lipinski definition) is 4. The third-order valence-electron chi connectivity index (χ3n) is 4.08. The highest BCUT2D eigenvalue weighted by Gasteiger charge is 2.19. The standard InChI is InChI=1S/C18H20N2O3S.CHN/c1-2-3-5-8-14-11-12-15-17(20-18(19-15)24(21,22)23)16(14)13-9-6-4-7-10-13;1-2/h4,6-7,9-12H,2-3,5,8H2,1H3,(H,19,20)(H,21,22,23);1H. The molecule has 0 aliphatic rings. The van der Waals surface area contributed by atoms with Crippen LogP contribution in [0.4, 0.5) is 0 Å². The van der Waals surface area contributed by atoms with Gasteiger partial charge in [-0.25, -0.2) is 10.2 Å². The van der Waals surface area contributed by atoms with E-state index in [1.807, 2.05) is 36.4 Å². The first kappa shape index (κ1) is 19.6. The van der Waals surface area contributed by atoms with Crippen molar-refractivity contribution in [2.75, 3.05) is 0 Å². The molecule has 0 unspecified atom stereocenters. The van der Waals surface area contributed by atoms with Gasteiger partial charge < -0.3 is 4.98 Å². The molecule has 1 heterocycles. The summed E-state index contributed by atoms with van der Waals surface area (Å²) in [6, 6.07) is 13.6. The summed E-state index contributed by atoms with van der Waals surface area (Å²) in [4.78, 5) is 6.80. The van der Waals surface area contributed by atoms with Crippen LogP contribution in [0.25, 0.3) is 22.2 Å². The minimum Gasteiger partial charge on any atom is -0.326 e. The lowest BCUT2D eigenvalue weighted by Gasteiger charge is -2.11. The van der Waals surface area contributed by atoms with E-state index in [1.165, 1.54) is 0 Å². The minimum absolute atomic E-state index is 0.416. The van der Waals surface area contributed by atoms with Gasteiger partial charge in [-0.05, 0) is 30.0 Å². The highest BCUT2D eigenvalue weighted by molar-refractivity contribution is 7.85. The molecule has 0 spiro atoms. The topological polar surface area (TPSA) is 107 Å². The van der Waals surface area contributed by atoms with E-state index in [0.717, 1.165) is 42.4 Å². The first-order valence-corrected chi connectivity index (χ1v) is 9.75. The molecule has 1 aromatic heterocycles. The van der Waals surface area contributed by atoms with Gasteiger partial charge in [0.1, 0.15) is 0 Å². The molecule has 26 heavy (non-hydrogen) atoms. The zero-order valence-electron chi connectivity index (χ0n) is 14.5. The highest BCUT2D eigenvalue weighted by Crippen LogP contribution is 2.32. The number of aromatic amines is 1. The number of nitriles is 1. The number of H-pyrrole nitrogens is 1. The van der Waals surface area contributed by atoms with E-state index < -0.39 is 15.3 Å². The first-order chi connectivity index (χ1) is 12.5. The highest BCUT2D eigenvalue weighted by atomic mass is 32.2. The molecule has 136 valence electrons. The van der Waals surface area contributed by atoms with E-state index in [1.54, 1.807) is 6.07 Å². The van der Waals surface area contributed by atoms with Gasteiger partial charge in [-0.1, -0.05) is 56.2 Å². The molecule has 0 atom stereocenters. The Kier molecular flexibility index (Phi) is 6.50. The number of fused-ring (bicyclic) bond motifs is 1. The summed E-state index contributed by atoms with van der Waals surface area (Å²) in [6.45, 7) is 5.66. The Balaban J connectivity index is 0.00000117. The average molecular weight is 371 g/mol. The molecule has 6 nitrogen and oxygen atoms in total. The molecule has 0 aliphatic carbocycles. The molecule has 0 bridgehead atoms. The minimum atomic E-state index is -4.36. The predicted molar refractivity (Wildman–Crippen MR) is 101 cm³/mol. The summed E-state index contributed by atoms with van der Waals surface area (Å²) in [7, 11) is -4.36. The monoisotopic (exact) mass is 371 g/mol. The molecule has 0 saturated heterocycles. The van der Waals surface area contributed by atoms with Crippen molar-refractivity contribution < 1.29 is 13.0 Å². The van der Waals surface area contributed by atoms with Crippen molar-refractivity contribution in [1.82, 2.24) is 9.97 Å². The molecule has 3 rings (SSSR count). The fourth-order valence-corrected chi connectivity index (χ4v) is 3.37. The second-order valence-electron chi connectivity index (χ2n) is 5.83. The van der Waals surface area contributed by atoms with Crippen LogP contribution in [-0.4, -0.2) is 22.9 Å². The van der Waals surface area contributed by atoms with Crippen molar-refractivity contribution in [2.45, 2.75) is 37.8 Å². The van der Waals surface area contributed by atoms with Crippen LogP contribution < -0.4 is 0 Å². The Bertz CT molecular complexity index is 993. The van der Waals surface area contributed by atoms with Crippen LogP contribution in [0.3, 0.4) is 0 Å². The number of imidazole rings is 1. The summed E-state index contributed by atoms with van der Waals surface area (Å²) >= 11 is 0. The number of hydrogen-bond donors (Lipinski definition) is 2. The number of nitrogens with one attached hydrogen (secondary N) is 1. The molecule has 0 aliphatic heterocycles. The van der Waals surface area contributed by atoms with Crippen molar-refractivity contribution in [3.8, 4) is 17.7 Å². The van der Waals surface area contributed by atoms with Gasteiger partial charge in [-0.2, -0.15) is 8.42 Å². The summed E-state index contributed by atoms with van der Waals surface area (Å²) in [5.74, 6) is 0. The molecular weight excluding hydrogens is 350 g/mol. The van der Waals surface area contributed by atoms with E-state index in [9.17, 15) is 13.0 Å². The number of aromatic nitrogens is 2. The van der Waals surface area contributed by atoms with Crippen molar-refractivity contribution in [1.29, 1.82) is 5.26 Å². The van der Waals surface area contributed by atoms with Crippen LogP contribution in [0.5, 0.6) is 0 Å². The van der Waals surface area contributed by atoms with Crippen molar-refractivity contribution in [2.24, 2.45) is 0 Å². The Morgan fingerprint density at radius 1 is 1.12 bits per heavy atom. The number of benzene rings is 2.